The number of carbonyl (C=O) groups excluding carboxylic acids is 3. The molecule has 51 heavy (non-hydrogen) atoms. The number of hydrogen-bond donors (Lipinski definition) is 0. The fourth-order valence-corrected chi connectivity index (χ4v) is 5.32. The van der Waals surface area contributed by atoms with E-state index in [0.29, 0.717) is 5.56 Å². The summed E-state index contributed by atoms with van der Waals surface area (Å²) in [5, 5.41) is 0. The maximum atomic E-state index is 13.9. The molecule has 4 aromatic rings. The normalized spacial score (nSPS) is 14.1. The highest BCUT2D eigenvalue weighted by atomic mass is 16.7. The molecular formula is C40H44O11. The molecule has 0 radical (unpaired) electrons. The lowest BCUT2D eigenvalue weighted by molar-refractivity contribution is -0.252. The highest BCUT2D eigenvalue weighted by molar-refractivity contribution is 5.84. The van der Waals surface area contributed by atoms with Crippen molar-refractivity contribution in [3.63, 3.8) is 0 Å². The predicted octanol–water partition coefficient (Wildman–Crippen LogP) is 5.75. The van der Waals surface area contributed by atoms with Crippen molar-refractivity contribution in [3.05, 3.63) is 144 Å². The van der Waals surface area contributed by atoms with Crippen molar-refractivity contribution in [2.45, 2.75) is 63.6 Å². The summed E-state index contributed by atoms with van der Waals surface area (Å²) in [5.74, 6) is -2.70. The lowest BCUT2D eigenvalue weighted by atomic mass is 10.00. The number of carbonyl (C=O) groups is 3. The fraction of sp³-hybridized carbons (Fsp3) is 0.325. The number of methoxy groups -OCH3 is 3. The minimum absolute atomic E-state index is 0.0240. The monoisotopic (exact) mass is 700 g/mol. The second-order valence-electron chi connectivity index (χ2n) is 11.4. The van der Waals surface area contributed by atoms with Gasteiger partial charge in [-0.05, 0) is 16.7 Å². The average Bonchev–Trinajstić information content (AvgIpc) is 3.17. The van der Waals surface area contributed by atoms with Gasteiger partial charge in [0.15, 0.2) is 6.29 Å². The van der Waals surface area contributed by atoms with E-state index in [-0.39, 0.29) is 19.8 Å². The second kappa shape index (κ2) is 20.7. The zero-order chi connectivity index (χ0) is 36.4. The zero-order valence-corrected chi connectivity index (χ0v) is 29.1. The molecule has 11 heteroatoms. The van der Waals surface area contributed by atoms with Gasteiger partial charge in [-0.1, -0.05) is 121 Å². The van der Waals surface area contributed by atoms with Gasteiger partial charge in [-0.3, -0.25) is 4.79 Å². The summed E-state index contributed by atoms with van der Waals surface area (Å²) >= 11 is 0. The molecular weight excluding hydrogens is 656 g/mol. The highest BCUT2D eigenvalue weighted by Gasteiger charge is 2.47. The maximum Gasteiger partial charge on any atom is 0.353 e. The van der Waals surface area contributed by atoms with Gasteiger partial charge in [0.2, 0.25) is 12.2 Å². The van der Waals surface area contributed by atoms with E-state index in [4.69, 9.17) is 37.9 Å². The van der Waals surface area contributed by atoms with Crippen molar-refractivity contribution in [3.8, 4) is 0 Å². The van der Waals surface area contributed by atoms with Crippen molar-refractivity contribution in [2.75, 3.05) is 21.3 Å². The van der Waals surface area contributed by atoms with Gasteiger partial charge in [-0.25, -0.2) is 9.59 Å². The Hall–Kier alpha value is -4.91. The van der Waals surface area contributed by atoms with Crippen LogP contribution in [0.15, 0.2) is 121 Å². The van der Waals surface area contributed by atoms with Crippen molar-refractivity contribution < 1.29 is 52.3 Å². The molecule has 0 saturated heterocycles. The molecule has 11 nitrogen and oxygen atoms in total. The Morgan fingerprint density at radius 1 is 0.510 bits per heavy atom. The number of benzene rings is 4. The molecule has 0 saturated carbocycles. The van der Waals surface area contributed by atoms with Crippen LogP contribution in [-0.2, 0) is 72.1 Å². The van der Waals surface area contributed by atoms with Crippen LogP contribution in [0.4, 0.5) is 0 Å². The summed E-state index contributed by atoms with van der Waals surface area (Å²) in [4.78, 5) is 39.8. The molecule has 0 N–H and O–H groups in total. The standard InChI is InChI=1S/C40H44O11/c1-28(41)50-33(32-23-15-8-16-24-32)39(43)51-36(38(42)44-2)34(47-25-29-17-9-5-10-18-29)35(48-26-30-19-11-6-12-20-30)37(40(45-3)46-4)49-27-31-21-13-7-14-22-31/h5-24,33-37,40H,25-27H2,1-4H3/t33-,34-,35-,36+,37+/m0/s1. The van der Waals surface area contributed by atoms with Crippen LogP contribution >= 0.6 is 0 Å². The summed E-state index contributed by atoms with van der Waals surface area (Å²) in [5.41, 5.74) is 2.75. The number of ether oxygens (including phenoxy) is 8. The molecule has 0 aromatic heterocycles. The van der Waals surface area contributed by atoms with Crippen LogP contribution in [0.25, 0.3) is 0 Å². The van der Waals surface area contributed by atoms with Crippen LogP contribution in [0, 0.1) is 0 Å². The van der Waals surface area contributed by atoms with Crippen molar-refractivity contribution in [1.82, 2.24) is 0 Å². The van der Waals surface area contributed by atoms with Crippen molar-refractivity contribution in [2.24, 2.45) is 0 Å². The van der Waals surface area contributed by atoms with Gasteiger partial charge in [0, 0.05) is 26.7 Å². The first kappa shape index (κ1) is 38.9. The minimum Gasteiger partial charge on any atom is -0.466 e. The molecule has 5 atom stereocenters. The van der Waals surface area contributed by atoms with E-state index in [2.05, 4.69) is 0 Å². The SMILES string of the molecule is COC(=O)[C@H](OC(=O)[C@@H](OC(C)=O)c1ccccc1)[C@@H](OCc1ccccc1)[C@H](OCc1ccccc1)[C@@H](OCc1ccccc1)C(OC)OC. The van der Waals surface area contributed by atoms with Gasteiger partial charge in [-0.2, -0.15) is 0 Å². The van der Waals surface area contributed by atoms with E-state index in [1.807, 2.05) is 91.0 Å². The van der Waals surface area contributed by atoms with Crippen LogP contribution in [0.5, 0.6) is 0 Å². The lowest BCUT2D eigenvalue weighted by Gasteiger charge is -2.38. The van der Waals surface area contributed by atoms with Gasteiger partial charge in [0.25, 0.3) is 0 Å². The Balaban J connectivity index is 1.81. The third-order valence-electron chi connectivity index (χ3n) is 7.81. The van der Waals surface area contributed by atoms with Crippen LogP contribution < -0.4 is 0 Å². The van der Waals surface area contributed by atoms with E-state index < -0.39 is 54.7 Å². The molecule has 270 valence electrons. The number of rotatable bonds is 20. The molecule has 0 amide bonds. The Morgan fingerprint density at radius 3 is 1.33 bits per heavy atom. The van der Waals surface area contributed by atoms with Crippen molar-refractivity contribution >= 4 is 17.9 Å². The van der Waals surface area contributed by atoms with E-state index >= 15 is 0 Å². The molecule has 0 bridgehead atoms. The van der Waals surface area contributed by atoms with Gasteiger partial charge < -0.3 is 37.9 Å². The molecule has 0 unspecified atom stereocenters. The minimum atomic E-state index is -1.74. The number of esters is 3. The Kier molecular flexibility index (Phi) is 15.8. The van der Waals surface area contributed by atoms with Gasteiger partial charge in [-0.15, -0.1) is 0 Å². The third kappa shape index (κ3) is 11.8. The van der Waals surface area contributed by atoms with Gasteiger partial charge >= 0.3 is 17.9 Å². The highest BCUT2D eigenvalue weighted by Crippen LogP contribution is 2.28. The molecule has 0 aliphatic rings. The van der Waals surface area contributed by atoms with Crippen molar-refractivity contribution in [1.29, 1.82) is 0 Å². The first-order valence-corrected chi connectivity index (χ1v) is 16.4. The molecule has 0 aliphatic heterocycles. The average molecular weight is 701 g/mol. The maximum absolute atomic E-state index is 13.9. The zero-order valence-electron chi connectivity index (χ0n) is 29.1. The lowest BCUT2D eigenvalue weighted by Crippen LogP contribution is -2.56. The summed E-state index contributed by atoms with van der Waals surface area (Å²) < 4.78 is 47.5. The summed E-state index contributed by atoms with van der Waals surface area (Å²) in [6, 6.07) is 36.4. The Labute approximate surface area is 298 Å². The second-order valence-corrected chi connectivity index (χ2v) is 11.4. The van der Waals surface area contributed by atoms with E-state index in [9.17, 15) is 14.4 Å². The van der Waals surface area contributed by atoms with E-state index in [0.717, 1.165) is 23.8 Å². The first-order valence-electron chi connectivity index (χ1n) is 16.4. The molecule has 4 rings (SSSR count). The smallest absolute Gasteiger partial charge is 0.353 e. The predicted molar refractivity (Wildman–Crippen MR) is 186 cm³/mol. The summed E-state index contributed by atoms with van der Waals surface area (Å²) in [6.07, 6.45) is -7.91. The molecule has 0 spiro atoms. The molecule has 0 fully saturated rings. The fourth-order valence-electron chi connectivity index (χ4n) is 5.32. The van der Waals surface area contributed by atoms with Crippen LogP contribution in [0.2, 0.25) is 0 Å². The van der Waals surface area contributed by atoms with Crippen LogP contribution in [0.1, 0.15) is 35.3 Å². The third-order valence-corrected chi connectivity index (χ3v) is 7.81. The Morgan fingerprint density at radius 2 is 0.922 bits per heavy atom. The molecule has 4 aromatic carbocycles. The van der Waals surface area contributed by atoms with E-state index in [1.54, 1.807) is 30.3 Å². The summed E-state index contributed by atoms with van der Waals surface area (Å²) in [6.45, 7) is 1.30. The number of hydrogen-bond acceptors (Lipinski definition) is 11. The topological polar surface area (TPSA) is 125 Å². The summed E-state index contributed by atoms with van der Waals surface area (Å²) in [7, 11) is 4.06. The van der Waals surface area contributed by atoms with Gasteiger partial charge in [0.05, 0.1) is 26.9 Å². The van der Waals surface area contributed by atoms with E-state index in [1.165, 1.54) is 21.1 Å². The largest absolute Gasteiger partial charge is 0.466 e. The Bertz CT molecular complexity index is 1600. The van der Waals surface area contributed by atoms with Crippen LogP contribution in [0.3, 0.4) is 0 Å². The quantitative estimate of drug-likeness (QED) is 0.0636. The van der Waals surface area contributed by atoms with Crippen LogP contribution in [-0.4, -0.2) is 69.9 Å². The van der Waals surface area contributed by atoms with Gasteiger partial charge in [0.1, 0.15) is 18.3 Å². The molecule has 0 heterocycles. The first-order chi connectivity index (χ1) is 24.8. The molecule has 0 aliphatic carbocycles.